The average Bonchev–Trinajstić information content (AvgIpc) is 2.53. The molecule has 0 atom stereocenters. The van der Waals surface area contributed by atoms with Crippen molar-refractivity contribution in [2.24, 2.45) is 16.6 Å². The molecule has 25 heavy (non-hydrogen) atoms. The Morgan fingerprint density at radius 2 is 1.80 bits per heavy atom. The molecule has 0 amide bonds. The van der Waals surface area contributed by atoms with Crippen LogP contribution in [0.4, 0.5) is 10.1 Å². The van der Waals surface area contributed by atoms with Gasteiger partial charge in [0.2, 0.25) is 10.0 Å². The van der Waals surface area contributed by atoms with E-state index in [1.54, 1.807) is 12.1 Å². The van der Waals surface area contributed by atoms with E-state index in [4.69, 9.17) is 5.73 Å². The van der Waals surface area contributed by atoms with Crippen molar-refractivity contribution in [2.75, 3.05) is 57.0 Å². The highest BCUT2D eigenvalue weighted by Crippen LogP contribution is 2.19. The standard InChI is InChI=1S/C16H24FN5O2S/c1-25(23,24)22-11-13(12-22)10-19-16(18)21-8-6-20(7-9-21)15-4-2-14(17)3-5-15/h2-5,13H,6-12H2,1H3,(H2,18,19). The maximum atomic E-state index is 13.0. The second kappa shape index (κ2) is 7.17. The predicted molar refractivity (Wildman–Crippen MR) is 96.6 cm³/mol. The number of halogens is 1. The third kappa shape index (κ3) is 4.40. The summed E-state index contributed by atoms with van der Waals surface area (Å²) in [7, 11) is -3.08. The van der Waals surface area contributed by atoms with Crippen LogP contribution in [0.1, 0.15) is 0 Å². The van der Waals surface area contributed by atoms with Crippen molar-refractivity contribution in [3.63, 3.8) is 0 Å². The van der Waals surface area contributed by atoms with Gasteiger partial charge in [-0.15, -0.1) is 0 Å². The van der Waals surface area contributed by atoms with Gasteiger partial charge in [-0.05, 0) is 24.3 Å². The smallest absolute Gasteiger partial charge is 0.211 e. The van der Waals surface area contributed by atoms with Crippen LogP contribution in [-0.2, 0) is 10.0 Å². The Morgan fingerprint density at radius 3 is 2.36 bits per heavy atom. The fraction of sp³-hybridized carbons (Fsp3) is 0.562. The van der Waals surface area contributed by atoms with E-state index in [1.807, 2.05) is 4.90 Å². The van der Waals surface area contributed by atoms with Gasteiger partial charge in [-0.2, -0.15) is 0 Å². The quantitative estimate of drug-likeness (QED) is 0.604. The number of hydrogen-bond donors (Lipinski definition) is 1. The molecule has 0 unspecified atom stereocenters. The lowest BCUT2D eigenvalue weighted by Crippen LogP contribution is -2.52. The Morgan fingerprint density at radius 1 is 1.20 bits per heavy atom. The molecular formula is C16H24FN5O2S. The highest BCUT2D eigenvalue weighted by molar-refractivity contribution is 7.88. The molecule has 7 nitrogen and oxygen atoms in total. The number of guanidine groups is 1. The second-order valence-electron chi connectivity index (χ2n) is 6.60. The molecule has 0 saturated carbocycles. The van der Waals surface area contributed by atoms with Gasteiger partial charge in [0.15, 0.2) is 5.96 Å². The Hall–Kier alpha value is -1.87. The molecule has 0 bridgehead atoms. The number of hydrogen-bond acceptors (Lipinski definition) is 4. The number of nitrogens with two attached hydrogens (primary N) is 1. The van der Waals surface area contributed by atoms with Crippen molar-refractivity contribution < 1.29 is 12.8 Å². The van der Waals surface area contributed by atoms with E-state index in [9.17, 15) is 12.8 Å². The first-order valence-corrected chi connectivity index (χ1v) is 10.2. The van der Waals surface area contributed by atoms with Crippen LogP contribution < -0.4 is 10.6 Å². The van der Waals surface area contributed by atoms with Gasteiger partial charge in [-0.25, -0.2) is 17.1 Å². The van der Waals surface area contributed by atoms with E-state index >= 15 is 0 Å². The number of nitrogens with zero attached hydrogens (tertiary/aromatic N) is 4. The lowest BCUT2D eigenvalue weighted by molar-refractivity contribution is 0.208. The molecule has 0 spiro atoms. The lowest BCUT2D eigenvalue weighted by atomic mass is 10.0. The molecule has 2 heterocycles. The molecule has 3 rings (SSSR count). The van der Waals surface area contributed by atoms with Gasteiger partial charge in [0, 0.05) is 57.4 Å². The number of benzene rings is 1. The number of rotatable bonds is 4. The molecule has 9 heteroatoms. The Kier molecular flexibility index (Phi) is 5.14. The topological polar surface area (TPSA) is 82.2 Å². The number of anilines is 1. The molecule has 2 aliphatic rings. The van der Waals surface area contributed by atoms with Gasteiger partial charge in [-0.3, -0.25) is 4.99 Å². The summed E-state index contributed by atoms with van der Waals surface area (Å²) in [6.07, 6.45) is 1.22. The summed E-state index contributed by atoms with van der Waals surface area (Å²) in [4.78, 5) is 8.65. The molecule has 2 N–H and O–H groups in total. The predicted octanol–water partition coefficient (Wildman–Crippen LogP) is 0.154. The minimum Gasteiger partial charge on any atom is -0.370 e. The Balaban J connectivity index is 1.45. The molecule has 2 saturated heterocycles. The Labute approximate surface area is 148 Å². The van der Waals surface area contributed by atoms with E-state index in [0.717, 1.165) is 31.9 Å². The molecule has 1 aromatic carbocycles. The zero-order chi connectivity index (χ0) is 18.0. The van der Waals surface area contributed by atoms with Gasteiger partial charge in [0.25, 0.3) is 0 Å². The third-order valence-corrected chi connectivity index (χ3v) is 5.94. The molecule has 0 aliphatic carbocycles. The molecule has 0 aromatic heterocycles. The van der Waals surface area contributed by atoms with Gasteiger partial charge in [-0.1, -0.05) is 0 Å². The second-order valence-corrected chi connectivity index (χ2v) is 8.58. The normalized spacial score (nSPS) is 20.6. The molecule has 138 valence electrons. The first kappa shape index (κ1) is 17.9. The SMILES string of the molecule is CS(=O)(=O)N1CC(CN=C(N)N2CCN(c3ccc(F)cc3)CC2)C1. The number of aliphatic imine (C=N–C) groups is 1. The van der Waals surface area contributed by atoms with Crippen LogP contribution >= 0.6 is 0 Å². The highest BCUT2D eigenvalue weighted by Gasteiger charge is 2.32. The first-order chi connectivity index (χ1) is 11.8. The summed E-state index contributed by atoms with van der Waals surface area (Å²) in [5.74, 6) is 0.523. The van der Waals surface area contributed by atoms with Crippen LogP contribution in [0.5, 0.6) is 0 Å². The minimum absolute atomic E-state index is 0.232. The molecular weight excluding hydrogens is 345 g/mol. The maximum Gasteiger partial charge on any atom is 0.211 e. The molecule has 2 fully saturated rings. The van der Waals surface area contributed by atoms with Crippen LogP contribution in [0.2, 0.25) is 0 Å². The van der Waals surface area contributed by atoms with E-state index < -0.39 is 10.0 Å². The molecule has 0 radical (unpaired) electrons. The lowest BCUT2D eigenvalue weighted by Gasteiger charge is -2.38. The summed E-state index contributed by atoms with van der Waals surface area (Å²) < 4.78 is 37.1. The van der Waals surface area contributed by atoms with E-state index in [2.05, 4.69) is 9.89 Å². The molecule has 1 aromatic rings. The zero-order valence-corrected chi connectivity index (χ0v) is 15.1. The van der Waals surface area contributed by atoms with E-state index in [0.29, 0.717) is 25.6 Å². The van der Waals surface area contributed by atoms with Crippen molar-refractivity contribution in [1.29, 1.82) is 0 Å². The number of piperazine rings is 1. The summed E-state index contributed by atoms with van der Waals surface area (Å²) in [5.41, 5.74) is 7.08. The highest BCUT2D eigenvalue weighted by atomic mass is 32.2. The van der Waals surface area contributed by atoms with Crippen molar-refractivity contribution in [3.8, 4) is 0 Å². The zero-order valence-electron chi connectivity index (χ0n) is 14.3. The van der Waals surface area contributed by atoms with Crippen LogP contribution in [0.25, 0.3) is 0 Å². The van der Waals surface area contributed by atoms with Gasteiger partial charge in [0.05, 0.1) is 6.26 Å². The van der Waals surface area contributed by atoms with Crippen molar-refractivity contribution in [2.45, 2.75) is 0 Å². The third-order valence-electron chi connectivity index (χ3n) is 4.70. The fourth-order valence-corrected chi connectivity index (χ4v) is 4.04. The van der Waals surface area contributed by atoms with Crippen LogP contribution in [0.3, 0.4) is 0 Å². The van der Waals surface area contributed by atoms with Crippen molar-refractivity contribution in [3.05, 3.63) is 30.1 Å². The Bertz CT molecular complexity index is 723. The van der Waals surface area contributed by atoms with E-state index in [1.165, 1.54) is 22.7 Å². The summed E-state index contributed by atoms with van der Waals surface area (Å²) in [5, 5.41) is 0. The monoisotopic (exact) mass is 369 g/mol. The van der Waals surface area contributed by atoms with Gasteiger partial charge in [0.1, 0.15) is 5.82 Å². The minimum atomic E-state index is -3.08. The van der Waals surface area contributed by atoms with Crippen LogP contribution in [0.15, 0.2) is 29.3 Å². The van der Waals surface area contributed by atoms with E-state index in [-0.39, 0.29) is 11.7 Å². The summed E-state index contributed by atoms with van der Waals surface area (Å²) >= 11 is 0. The first-order valence-electron chi connectivity index (χ1n) is 8.33. The van der Waals surface area contributed by atoms with Crippen LogP contribution in [0, 0.1) is 11.7 Å². The summed E-state index contributed by atoms with van der Waals surface area (Å²) in [6, 6.07) is 6.50. The maximum absolute atomic E-state index is 13.0. The van der Waals surface area contributed by atoms with Crippen molar-refractivity contribution >= 4 is 21.7 Å². The van der Waals surface area contributed by atoms with Crippen molar-refractivity contribution in [1.82, 2.24) is 9.21 Å². The largest absolute Gasteiger partial charge is 0.370 e. The van der Waals surface area contributed by atoms with Gasteiger partial charge >= 0.3 is 0 Å². The fourth-order valence-electron chi connectivity index (χ4n) is 3.08. The summed E-state index contributed by atoms with van der Waals surface area (Å²) in [6.45, 7) is 4.71. The number of sulfonamides is 1. The van der Waals surface area contributed by atoms with Crippen LogP contribution in [-0.4, -0.2) is 75.7 Å². The molecule has 2 aliphatic heterocycles. The average molecular weight is 369 g/mol. The van der Waals surface area contributed by atoms with Gasteiger partial charge < -0.3 is 15.5 Å².